The Kier molecular flexibility index (Phi) is 12.3. The van der Waals surface area contributed by atoms with E-state index in [-0.39, 0.29) is 0 Å². The number of hydrogen-bond donors (Lipinski definition) is 1. The van der Waals surface area contributed by atoms with E-state index in [0.717, 1.165) is 18.8 Å². The van der Waals surface area contributed by atoms with E-state index < -0.39 is 29.3 Å². The van der Waals surface area contributed by atoms with Gasteiger partial charge in [0, 0.05) is 0 Å². The number of hydrogen-bond acceptors (Lipinski definition) is 2. The van der Waals surface area contributed by atoms with Gasteiger partial charge in [-0.05, 0) is 0 Å². The van der Waals surface area contributed by atoms with Crippen molar-refractivity contribution in [2.24, 2.45) is 4.99 Å². The summed E-state index contributed by atoms with van der Waals surface area (Å²) >= 11 is -0.871. The summed E-state index contributed by atoms with van der Waals surface area (Å²) in [6, 6.07) is 0. The third-order valence-corrected chi connectivity index (χ3v) is 7.82. The van der Waals surface area contributed by atoms with Crippen molar-refractivity contribution in [3.05, 3.63) is 11.8 Å². The van der Waals surface area contributed by atoms with Crippen LogP contribution in [-0.4, -0.2) is 48.1 Å². The molecule has 0 aromatic heterocycles. The fraction of sp³-hybridized carbons (Fsp3) is 0.800. The Morgan fingerprint density at radius 1 is 1.00 bits per heavy atom. The van der Waals surface area contributed by atoms with Crippen LogP contribution in [0.3, 0.4) is 0 Å². The van der Waals surface area contributed by atoms with Gasteiger partial charge >= 0.3 is 130 Å². The molecule has 0 fully saturated rings. The topological polar surface area (TPSA) is 24.4 Å². The molecule has 0 atom stereocenters. The third-order valence-electron chi connectivity index (χ3n) is 2.74. The second-order valence-corrected chi connectivity index (χ2v) is 16.5. The van der Waals surface area contributed by atoms with E-state index in [2.05, 4.69) is 53.1 Å². The van der Waals surface area contributed by atoms with Crippen LogP contribution >= 0.6 is 0 Å². The zero-order chi connectivity index (χ0) is 14.7. The first kappa shape index (κ1) is 19.3. The van der Waals surface area contributed by atoms with Gasteiger partial charge in [-0.2, -0.15) is 0 Å². The molecule has 0 aliphatic rings. The zero-order valence-corrected chi connectivity index (χ0v) is 17.4. The summed E-state index contributed by atoms with van der Waals surface area (Å²) in [5.74, 6) is 0. The van der Waals surface area contributed by atoms with Crippen LogP contribution in [0.4, 0.5) is 0 Å². The van der Waals surface area contributed by atoms with Gasteiger partial charge in [-0.3, -0.25) is 0 Å². The van der Waals surface area contributed by atoms with Crippen LogP contribution in [0.5, 0.6) is 0 Å². The predicted octanol–water partition coefficient (Wildman–Crippen LogP) is 4.23. The third kappa shape index (κ3) is 14.5. The number of allylic oxidation sites excluding steroid dienone is 2. The molecule has 1 N–H and O–H groups in total. The van der Waals surface area contributed by atoms with Crippen molar-refractivity contribution in [1.29, 1.82) is 0 Å². The number of aliphatic imine (C=N–C) groups is 1. The summed E-state index contributed by atoms with van der Waals surface area (Å²) in [5.41, 5.74) is 12.1. The van der Waals surface area contributed by atoms with Gasteiger partial charge in [0.15, 0.2) is 0 Å². The van der Waals surface area contributed by atoms with Crippen molar-refractivity contribution in [1.82, 2.24) is 5.32 Å². The molecule has 0 aliphatic carbocycles. The van der Waals surface area contributed by atoms with Crippen molar-refractivity contribution < 1.29 is 0 Å². The second kappa shape index (κ2) is 12.1. The van der Waals surface area contributed by atoms with Crippen LogP contribution < -0.4 is 5.32 Å². The summed E-state index contributed by atoms with van der Waals surface area (Å²) in [4.78, 5) is 4.62. The van der Waals surface area contributed by atoms with Crippen LogP contribution in [0.1, 0.15) is 26.7 Å². The number of nitrogens with one attached hydrogen (secondary N) is 1. The average molecular weight is 390 g/mol. The Bertz CT molecular complexity index is 284. The van der Waals surface area contributed by atoms with Crippen molar-refractivity contribution in [2.75, 3.05) is 13.1 Å². The van der Waals surface area contributed by atoms with Gasteiger partial charge in [0.2, 0.25) is 0 Å². The van der Waals surface area contributed by atoms with E-state index in [4.69, 9.17) is 0 Å². The van der Waals surface area contributed by atoms with Gasteiger partial charge in [-0.1, -0.05) is 0 Å². The fourth-order valence-corrected chi connectivity index (χ4v) is 5.02. The van der Waals surface area contributed by atoms with Gasteiger partial charge < -0.3 is 0 Å². The minimum absolute atomic E-state index is 0.428. The molecule has 0 rings (SSSR count). The summed E-state index contributed by atoms with van der Waals surface area (Å²) in [6.07, 6.45) is 4.76. The SMILES string of the molecule is CC(/C=C(/C)NCCC[As](C)C)=NCCC[As](C)C. The van der Waals surface area contributed by atoms with Crippen molar-refractivity contribution in [2.45, 2.75) is 60.0 Å². The maximum atomic E-state index is 4.62. The summed E-state index contributed by atoms with van der Waals surface area (Å²) < 4.78 is 0. The van der Waals surface area contributed by atoms with Gasteiger partial charge in [-0.15, -0.1) is 0 Å². The van der Waals surface area contributed by atoms with Gasteiger partial charge in [0.1, 0.15) is 0 Å². The predicted molar refractivity (Wildman–Crippen MR) is 93.5 cm³/mol. The normalized spacial score (nSPS) is 13.5. The first-order chi connectivity index (χ1) is 8.91. The fourth-order valence-electron chi connectivity index (χ4n) is 1.73. The van der Waals surface area contributed by atoms with Crippen molar-refractivity contribution in [3.63, 3.8) is 0 Å². The van der Waals surface area contributed by atoms with E-state index in [1.165, 1.54) is 29.0 Å². The van der Waals surface area contributed by atoms with E-state index in [1.807, 2.05) is 0 Å². The minimum atomic E-state index is -0.442. The number of nitrogens with zero attached hydrogens (tertiary/aromatic N) is 1. The molecule has 2 nitrogen and oxygen atoms in total. The average Bonchev–Trinajstić information content (AvgIpc) is 2.30. The molecular weight excluding hydrogens is 358 g/mol. The molecular formula is C15H32As2N2. The Balaban J connectivity index is 3.82. The maximum absolute atomic E-state index is 4.62. The van der Waals surface area contributed by atoms with Crippen molar-refractivity contribution in [3.8, 4) is 0 Å². The van der Waals surface area contributed by atoms with E-state index >= 15 is 0 Å². The van der Waals surface area contributed by atoms with Gasteiger partial charge in [-0.25, -0.2) is 0 Å². The second-order valence-electron chi connectivity index (χ2n) is 5.59. The molecule has 19 heavy (non-hydrogen) atoms. The van der Waals surface area contributed by atoms with Crippen LogP contribution in [0.25, 0.3) is 0 Å². The van der Waals surface area contributed by atoms with E-state index in [0.29, 0.717) is 0 Å². The van der Waals surface area contributed by atoms with E-state index in [1.54, 1.807) is 0 Å². The number of rotatable bonds is 10. The van der Waals surface area contributed by atoms with Crippen LogP contribution in [0, 0.1) is 0 Å². The monoisotopic (exact) mass is 390 g/mol. The first-order valence-electron chi connectivity index (χ1n) is 7.14. The zero-order valence-electron chi connectivity index (χ0n) is 13.7. The molecule has 0 aliphatic heterocycles. The first-order valence-corrected chi connectivity index (χ1v) is 17.3. The molecule has 0 amide bonds. The molecule has 0 bridgehead atoms. The van der Waals surface area contributed by atoms with Crippen LogP contribution in [0.2, 0.25) is 33.3 Å². The van der Waals surface area contributed by atoms with Gasteiger partial charge in [0.05, 0.1) is 0 Å². The molecule has 0 spiro atoms. The Hall–Kier alpha value is 0.327. The van der Waals surface area contributed by atoms with Crippen LogP contribution in [0.15, 0.2) is 16.8 Å². The molecule has 0 radical (unpaired) electrons. The molecule has 0 aromatic rings. The Morgan fingerprint density at radius 3 is 2.16 bits per heavy atom. The Labute approximate surface area is 130 Å². The molecule has 0 unspecified atom stereocenters. The molecule has 112 valence electrons. The summed E-state index contributed by atoms with van der Waals surface area (Å²) in [6.45, 7) is 6.37. The molecule has 0 saturated heterocycles. The molecule has 0 saturated carbocycles. The quantitative estimate of drug-likeness (QED) is 0.337. The summed E-state index contributed by atoms with van der Waals surface area (Å²) in [7, 11) is 0. The molecule has 0 aromatic carbocycles. The summed E-state index contributed by atoms with van der Waals surface area (Å²) in [5, 5.41) is 6.35. The molecule has 0 heterocycles. The Morgan fingerprint density at radius 2 is 1.58 bits per heavy atom. The van der Waals surface area contributed by atoms with Crippen molar-refractivity contribution >= 4 is 35.0 Å². The van der Waals surface area contributed by atoms with Gasteiger partial charge in [0.25, 0.3) is 0 Å². The standard InChI is InChI=1S/C15H32As2N2/c1-14(18-11-7-9-16(3)4)13-15(2)19-12-8-10-17(5)6/h13,18H,7-12H2,1-6H3/b14-13-,19-15?. The van der Waals surface area contributed by atoms with Crippen LogP contribution in [-0.2, 0) is 0 Å². The molecule has 4 heteroatoms. The van der Waals surface area contributed by atoms with E-state index in [9.17, 15) is 0 Å².